The summed E-state index contributed by atoms with van der Waals surface area (Å²) in [5.74, 6) is -0.593. The van der Waals surface area contributed by atoms with Gasteiger partial charge in [-0.05, 0) is 59.2 Å². The van der Waals surface area contributed by atoms with Crippen LogP contribution in [0.4, 0.5) is 5.69 Å². The first-order valence-electron chi connectivity index (χ1n) is 12.0. The Morgan fingerprint density at radius 1 is 0.971 bits per heavy atom. The topological polar surface area (TPSA) is 93.4 Å². The molecular weight excluding hydrogens is 460 g/mol. The molecule has 0 spiro atoms. The third-order valence-electron chi connectivity index (χ3n) is 6.92. The fourth-order valence-corrected chi connectivity index (χ4v) is 5.06. The Morgan fingerprint density at radius 2 is 1.57 bits per heavy atom. The average Bonchev–Trinajstić information content (AvgIpc) is 2.90. The molecule has 0 bridgehead atoms. The van der Waals surface area contributed by atoms with Gasteiger partial charge >= 0.3 is 0 Å². The SMILES string of the molecule is N#Cc1ccc(NC(=O)C(O)(Cc2ccc(-c3ccc(CO)cc3)cc2)C2CCCCC2)cc1Cl. The monoisotopic (exact) mass is 488 g/mol. The molecule has 0 saturated heterocycles. The molecule has 3 aromatic carbocycles. The van der Waals surface area contributed by atoms with E-state index in [9.17, 15) is 15.0 Å². The summed E-state index contributed by atoms with van der Waals surface area (Å²) in [7, 11) is 0. The standard InChI is InChI=1S/C29H29ClN2O3/c30-27-16-26(15-14-24(27)18-31)32-28(34)29(35,25-4-2-1-3-5-25)17-20-6-10-22(11-7-20)23-12-8-21(19-33)9-13-23/h6-16,25,33,35H,1-5,17,19H2,(H,32,34). The lowest BCUT2D eigenvalue weighted by Crippen LogP contribution is -2.51. The number of halogens is 1. The fraction of sp³-hybridized carbons (Fsp3) is 0.310. The molecule has 0 radical (unpaired) electrons. The van der Waals surface area contributed by atoms with Gasteiger partial charge in [0.15, 0.2) is 0 Å². The van der Waals surface area contributed by atoms with Gasteiger partial charge in [0.2, 0.25) is 0 Å². The third kappa shape index (κ3) is 5.74. The van der Waals surface area contributed by atoms with E-state index in [0.717, 1.165) is 54.4 Å². The van der Waals surface area contributed by atoms with Crippen molar-refractivity contribution in [1.82, 2.24) is 0 Å². The molecule has 5 nitrogen and oxygen atoms in total. The van der Waals surface area contributed by atoms with Crippen molar-refractivity contribution in [3.63, 3.8) is 0 Å². The molecule has 1 aliphatic carbocycles. The van der Waals surface area contributed by atoms with Crippen molar-refractivity contribution in [1.29, 1.82) is 5.26 Å². The van der Waals surface area contributed by atoms with Crippen LogP contribution in [0, 0.1) is 17.2 Å². The molecule has 0 aliphatic heterocycles. The summed E-state index contributed by atoms with van der Waals surface area (Å²) in [5, 5.41) is 33.3. The number of hydrogen-bond donors (Lipinski definition) is 3. The van der Waals surface area contributed by atoms with Gasteiger partial charge in [0.25, 0.3) is 5.91 Å². The van der Waals surface area contributed by atoms with Gasteiger partial charge in [-0.2, -0.15) is 5.26 Å². The molecular formula is C29H29ClN2O3. The molecule has 6 heteroatoms. The van der Waals surface area contributed by atoms with Crippen LogP contribution in [0.5, 0.6) is 0 Å². The number of hydrogen-bond acceptors (Lipinski definition) is 4. The van der Waals surface area contributed by atoms with Crippen molar-refractivity contribution in [3.05, 3.63) is 88.4 Å². The number of aliphatic hydroxyl groups is 2. The molecule has 3 N–H and O–H groups in total. The van der Waals surface area contributed by atoms with Gasteiger partial charge in [0.05, 0.1) is 17.2 Å². The van der Waals surface area contributed by atoms with Crippen molar-refractivity contribution in [2.24, 2.45) is 5.92 Å². The maximum Gasteiger partial charge on any atom is 0.256 e. The number of nitrogens with zero attached hydrogens (tertiary/aromatic N) is 1. The summed E-state index contributed by atoms with van der Waals surface area (Å²) in [5.41, 5.74) is 3.01. The Hall–Kier alpha value is -3.17. The Morgan fingerprint density at radius 3 is 2.11 bits per heavy atom. The Balaban J connectivity index is 1.56. The Kier molecular flexibility index (Phi) is 7.87. The smallest absolute Gasteiger partial charge is 0.256 e. The van der Waals surface area contributed by atoms with Crippen LogP contribution in [-0.4, -0.2) is 21.7 Å². The molecule has 1 amide bonds. The van der Waals surface area contributed by atoms with Crippen molar-refractivity contribution >= 4 is 23.2 Å². The Labute approximate surface area is 211 Å². The molecule has 0 heterocycles. The van der Waals surface area contributed by atoms with Gasteiger partial charge in [0, 0.05) is 12.1 Å². The van der Waals surface area contributed by atoms with Gasteiger partial charge in [-0.3, -0.25) is 4.79 Å². The minimum absolute atomic E-state index is 0.00963. The number of amides is 1. The zero-order valence-corrected chi connectivity index (χ0v) is 20.3. The van der Waals surface area contributed by atoms with E-state index in [0.29, 0.717) is 11.3 Å². The Bertz CT molecular complexity index is 1210. The average molecular weight is 489 g/mol. The molecule has 1 atom stereocenters. The van der Waals surface area contributed by atoms with E-state index in [2.05, 4.69) is 5.32 Å². The molecule has 1 saturated carbocycles. The molecule has 1 unspecified atom stereocenters. The van der Waals surface area contributed by atoms with Crippen molar-refractivity contribution in [2.75, 3.05) is 5.32 Å². The number of rotatable bonds is 7. The zero-order valence-electron chi connectivity index (χ0n) is 19.5. The van der Waals surface area contributed by atoms with Crippen LogP contribution in [0.15, 0.2) is 66.7 Å². The van der Waals surface area contributed by atoms with Crippen molar-refractivity contribution in [2.45, 2.75) is 50.7 Å². The lowest BCUT2D eigenvalue weighted by Gasteiger charge is -2.37. The first kappa shape index (κ1) is 24.9. The maximum absolute atomic E-state index is 13.5. The molecule has 3 aromatic rings. The number of carbonyl (C=O) groups is 1. The second-order valence-electron chi connectivity index (χ2n) is 9.25. The highest BCUT2D eigenvalue weighted by molar-refractivity contribution is 6.32. The first-order chi connectivity index (χ1) is 16.9. The highest BCUT2D eigenvalue weighted by atomic mass is 35.5. The molecule has 35 heavy (non-hydrogen) atoms. The first-order valence-corrected chi connectivity index (χ1v) is 12.3. The van der Waals surface area contributed by atoms with Gasteiger partial charge in [-0.15, -0.1) is 0 Å². The quantitative estimate of drug-likeness (QED) is 0.388. The molecule has 0 aromatic heterocycles. The number of nitrogens with one attached hydrogen (secondary N) is 1. The predicted octanol–water partition coefficient (Wildman–Crippen LogP) is 5.86. The van der Waals surface area contributed by atoms with Crippen LogP contribution in [0.2, 0.25) is 5.02 Å². The third-order valence-corrected chi connectivity index (χ3v) is 7.23. The lowest BCUT2D eigenvalue weighted by molar-refractivity contribution is -0.141. The normalized spacial score (nSPS) is 15.7. The number of nitriles is 1. The highest BCUT2D eigenvalue weighted by Crippen LogP contribution is 2.36. The van der Waals surface area contributed by atoms with E-state index in [1.54, 1.807) is 12.1 Å². The molecule has 180 valence electrons. The van der Waals surface area contributed by atoms with E-state index in [1.165, 1.54) is 6.07 Å². The van der Waals surface area contributed by atoms with Crippen LogP contribution >= 0.6 is 11.6 Å². The summed E-state index contributed by atoms with van der Waals surface area (Å²) < 4.78 is 0. The van der Waals surface area contributed by atoms with Crippen LogP contribution in [0.25, 0.3) is 11.1 Å². The lowest BCUT2D eigenvalue weighted by atomic mass is 9.73. The number of carbonyl (C=O) groups excluding carboxylic acids is 1. The van der Waals surface area contributed by atoms with Crippen LogP contribution < -0.4 is 5.32 Å². The van der Waals surface area contributed by atoms with Crippen molar-refractivity contribution in [3.8, 4) is 17.2 Å². The number of benzene rings is 3. The fourth-order valence-electron chi connectivity index (χ4n) is 4.84. The second kappa shape index (κ2) is 11.0. The van der Waals surface area contributed by atoms with Gasteiger partial charge < -0.3 is 15.5 Å². The summed E-state index contributed by atoms with van der Waals surface area (Å²) in [6, 6.07) is 22.3. The second-order valence-corrected chi connectivity index (χ2v) is 9.66. The van der Waals surface area contributed by atoms with Crippen LogP contribution in [0.3, 0.4) is 0 Å². The molecule has 4 rings (SSSR count). The van der Waals surface area contributed by atoms with Gasteiger partial charge in [-0.25, -0.2) is 0 Å². The largest absolute Gasteiger partial charge is 0.392 e. The van der Waals surface area contributed by atoms with E-state index < -0.39 is 11.5 Å². The van der Waals surface area contributed by atoms with Gasteiger partial charge in [-0.1, -0.05) is 79.4 Å². The number of anilines is 1. The maximum atomic E-state index is 13.5. The summed E-state index contributed by atoms with van der Waals surface area (Å²) in [4.78, 5) is 13.5. The zero-order chi connectivity index (χ0) is 24.8. The van der Waals surface area contributed by atoms with E-state index in [4.69, 9.17) is 16.9 Å². The van der Waals surface area contributed by atoms with Crippen molar-refractivity contribution < 1.29 is 15.0 Å². The summed E-state index contributed by atoms with van der Waals surface area (Å²) in [6.45, 7) is 0.00963. The minimum atomic E-state index is -1.56. The number of aliphatic hydroxyl groups excluding tert-OH is 1. The van der Waals surface area contributed by atoms with E-state index >= 15 is 0 Å². The summed E-state index contributed by atoms with van der Waals surface area (Å²) >= 11 is 6.14. The van der Waals surface area contributed by atoms with E-state index in [1.807, 2.05) is 54.6 Å². The van der Waals surface area contributed by atoms with Crippen LogP contribution in [-0.2, 0) is 17.8 Å². The van der Waals surface area contributed by atoms with Gasteiger partial charge in [0.1, 0.15) is 11.7 Å². The highest BCUT2D eigenvalue weighted by Gasteiger charge is 2.44. The molecule has 1 fully saturated rings. The van der Waals surface area contributed by atoms with E-state index in [-0.39, 0.29) is 24.0 Å². The predicted molar refractivity (Wildman–Crippen MR) is 138 cm³/mol. The minimum Gasteiger partial charge on any atom is -0.392 e. The summed E-state index contributed by atoms with van der Waals surface area (Å²) in [6.07, 6.45) is 4.90. The molecule has 1 aliphatic rings. The van der Waals surface area contributed by atoms with Crippen LogP contribution in [0.1, 0.15) is 48.8 Å².